The third-order valence-corrected chi connectivity index (χ3v) is 6.59. The van der Waals surface area contributed by atoms with Crippen LogP contribution in [0.1, 0.15) is 22.3 Å². The fourth-order valence-corrected chi connectivity index (χ4v) is 4.40. The van der Waals surface area contributed by atoms with Gasteiger partial charge in [0.1, 0.15) is 36.4 Å². The van der Waals surface area contributed by atoms with Gasteiger partial charge in [0.2, 0.25) is 0 Å². The SMILES string of the molecule is Cc1ccc2ccccc2c1COc1ccccc1/C=C(\C#N)C(=O)Nc1ccc(OCc2ccccc2)cc1. The Bertz CT molecular complexity index is 1700. The second kappa shape index (κ2) is 12.5. The molecule has 0 radical (unpaired) electrons. The highest BCUT2D eigenvalue weighted by atomic mass is 16.5. The third kappa shape index (κ3) is 6.38. The average Bonchev–Trinajstić information content (AvgIpc) is 3.00. The van der Waals surface area contributed by atoms with Gasteiger partial charge >= 0.3 is 0 Å². The molecule has 0 saturated heterocycles. The van der Waals surface area contributed by atoms with E-state index in [1.807, 2.05) is 72.8 Å². The molecule has 0 fully saturated rings. The minimum atomic E-state index is -0.500. The number of nitriles is 1. The topological polar surface area (TPSA) is 71.3 Å². The lowest BCUT2D eigenvalue weighted by atomic mass is 10.0. The van der Waals surface area contributed by atoms with Gasteiger partial charge in [-0.3, -0.25) is 4.79 Å². The van der Waals surface area contributed by atoms with E-state index in [1.54, 1.807) is 30.3 Å². The van der Waals surface area contributed by atoms with E-state index in [2.05, 4.69) is 36.5 Å². The van der Waals surface area contributed by atoms with Gasteiger partial charge in [0.05, 0.1) is 0 Å². The molecule has 196 valence electrons. The summed E-state index contributed by atoms with van der Waals surface area (Å²) in [5.74, 6) is 0.779. The number of hydrogen-bond acceptors (Lipinski definition) is 4. The quantitative estimate of drug-likeness (QED) is 0.157. The van der Waals surface area contributed by atoms with Gasteiger partial charge in [0.15, 0.2) is 0 Å². The Morgan fingerprint density at radius 2 is 1.52 bits per heavy atom. The van der Waals surface area contributed by atoms with Crippen molar-refractivity contribution in [2.45, 2.75) is 20.1 Å². The van der Waals surface area contributed by atoms with Crippen molar-refractivity contribution in [3.8, 4) is 17.6 Å². The van der Waals surface area contributed by atoms with E-state index in [0.29, 0.717) is 36.0 Å². The monoisotopic (exact) mass is 524 g/mol. The van der Waals surface area contributed by atoms with Gasteiger partial charge in [0, 0.05) is 16.8 Å². The van der Waals surface area contributed by atoms with E-state index >= 15 is 0 Å². The second-order valence-electron chi connectivity index (χ2n) is 9.33. The van der Waals surface area contributed by atoms with E-state index < -0.39 is 5.91 Å². The molecule has 0 aliphatic heterocycles. The molecule has 5 aromatic rings. The number of rotatable bonds is 9. The lowest BCUT2D eigenvalue weighted by Gasteiger charge is -2.14. The van der Waals surface area contributed by atoms with Crippen molar-refractivity contribution in [1.82, 2.24) is 0 Å². The summed E-state index contributed by atoms with van der Waals surface area (Å²) >= 11 is 0. The molecular formula is C35H28N2O3. The number of nitrogens with one attached hydrogen (secondary N) is 1. The van der Waals surface area contributed by atoms with E-state index in [0.717, 1.165) is 27.5 Å². The Labute approximate surface area is 233 Å². The fraction of sp³-hybridized carbons (Fsp3) is 0.0857. The number of carbonyl (C=O) groups is 1. The van der Waals surface area contributed by atoms with Gasteiger partial charge < -0.3 is 14.8 Å². The average molecular weight is 525 g/mol. The Morgan fingerprint density at radius 1 is 0.800 bits per heavy atom. The minimum absolute atomic E-state index is 0.0261. The number of anilines is 1. The normalized spacial score (nSPS) is 11.1. The maximum atomic E-state index is 13.0. The lowest BCUT2D eigenvalue weighted by molar-refractivity contribution is -0.112. The van der Waals surface area contributed by atoms with Crippen LogP contribution in [0.15, 0.2) is 121 Å². The van der Waals surface area contributed by atoms with E-state index in [1.165, 1.54) is 0 Å². The smallest absolute Gasteiger partial charge is 0.266 e. The molecule has 1 amide bonds. The van der Waals surface area contributed by atoms with Gasteiger partial charge in [-0.2, -0.15) is 5.26 Å². The number of para-hydroxylation sites is 1. The standard InChI is InChI=1S/C35H28N2O3/c1-25-15-16-27-11-5-7-13-32(27)33(25)24-40-34-14-8-6-12-28(34)21-29(22-36)35(38)37-30-17-19-31(20-18-30)39-23-26-9-3-2-4-10-26/h2-21H,23-24H2,1H3,(H,37,38)/b29-21+. The maximum absolute atomic E-state index is 13.0. The molecule has 0 saturated carbocycles. The number of hydrogen-bond donors (Lipinski definition) is 1. The molecule has 40 heavy (non-hydrogen) atoms. The zero-order chi connectivity index (χ0) is 27.7. The van der Waals surface area contributed by atoms with Crippen LogP contribution >= 0.6 is 0 Å². The number of nitrogens with zero attached hydrogens (tertiary/aromatic N) is 1. The van der Waals surface area contributed by atoms with Crippen molar-refractivity contribution in [2.24, 2.45) is 0 Å². The zero-order valence-electron chi connectivity index (χ0n) is 22.1. The molecule has 5 rings (SSSR count). The van der Waals surface area contributed by atoms with Crippen LogP contribution in [-0.4, -0.2) is 5.91 Å². The van der Waals surface area contributed by atoms with Crippen molar-refractivity contribution in [3.05, 3.63) is 143 Å². The predicted octanol–water partition coefficient (Wildman–Crippen LogP) is 7.85. The summed E-state index contributed by atoms with van der Waals surface area (Å²) in [4.78, 5) is 13.0. The Balaban J connectivity index is 1.27. The third-order valence-electron chi connectivity index (χ3n) is 6.59. The number of carbonyl (C=O) groups excluding carboxylic acids is 1. The summed E-state index contributed by atoms with van der Waals surface area (Å²) in [5.41, 5.74) is 4.50. The molecule has 0 spiro atoms. The highest BCUT2D eigenvalue weighted by Gasteiger charge is 2.13. The number of ether oxygens (including phenoxy) is 2. The number of benzene rings is 5. The summed E-state index contributed by atoms with van der Waals surface area (Å²) in [7, 11) is 0. The fourth-order valence-electron chi connectivity index (χ4n) is 4.40. The van der Waals surface area contributed by atoms with Crippen molar-refractivity contribution >= 4 is 28.4 Å². The zero-order valence-corrected chi connectivity index (χ0v) is 22.1. The maximum Gasteiger partial charge on any atom is 0.266 e. The van der Waals surface area contributed by atoms with Crippen LogP contribution in [0.4, 0.5) is 5.69 Å². The first-order valence-electron chi connectivity index (χ1n) is 13.0. The minimum Gasteiger partial charge on any atom is -0.489 e. The number of aryl methyl sites for hydroxylation is 1. The first-order valence-corrected chi connectivity index (χ1v) is 13.0. The van der Waals surface area contributed by atoms with Crippen molar-refractivity contribution < 1.29 is 14.3 Å². The molecular weight excluding hydrogens is 496 g/mol. The summed E-state index contributed by atoms with van der Waals surface area (Å²) in [6.45, 7) is 2.89. The van der Waals surface area contributed by atoms with E-state index in [4.69, 9.17) is 9.47 Å². The first-order chi connectivity index (χ1) is 19.6. The molecule has 0 unspecified atom stereocenters. The molecule has 5 aromatic carbocycles. The van der Waals surface area contributed by atoms with Gasteiger partial charge in [-0.1, -0.05) is 84.9 Å². The van der Waals surface area contributed by atoms with Crippen molar-refractivity contribution in [3.63, 3.8) is 0 Å². The van der Waals surface area contributed by atoms with Crippen molar-refractivity contribution in [1.29, 1.82) is 5.26 Å². The van der Waals surface area contributed by atoms with Crippen LogP contribution in [0.2, 0.25) is 0 Å². The molecule has 1 N–H and O–H groups in total. The van der Waals surface area contributed by atoms with Gasteiger partial charge in [0.25, 0.3) is 5.91 Å². The molecule has 5 nitrogen and oxygen atoms in total. The molecule has 0 atom stereocenters. The second-order valence-corrected chi connectivity index (χ2v) is 9.33. The van der Waals surface area contributed by atoms with Crippen molar-refractivity contribution in [2.75, 3.05) is 5.32 Å². The lowest BCUT2D eigenvalue weighted by Crippen LogP contribution is -2.13. The largest absolute Gasteiger partial charge is 0.489 e. The molecule has 0 aliphatic carbocycles. The summed E-state index contributed by atoms with van der Waals surface area (Å²) < 4.78 is 12.0. The highest BCUT2D eigenvalue weighted by Crippen LogP contribution is 2.27. The van der Waals surface area contributed by atoms with Crippen LogP contribution in [0, 0.1) is 18.3 Å². The van der Waals surface area contributed by atoms with Crippen LogP contribution in [-0.2, 0) is 18.0 Å². The molecule has 0 aliphatic rings. The van der Waals surface area contributed by atoms with Crippen LogP contribution in [0.25, 0.3) is 16.8 Å². The molecule has 5 heteroatoms. The molecule has 0 aromatic heterocycles. The van der Waals surface area contributed by atoms with Crippen LogP contribution in [0.5, 0.6) is 11.5 Å². The summed E-state index contributed by atoms with van der Waals surface area (Å²) in [6.07, 6.45) is 1.55. The van der Waals surface area contributed by atoms with Gasteiger partial charge in [-0.05, 0) is 65.2 Å². The summed E-state index contributed by atoms with van der Waals surface area (Å²) in [5, 5.41) is 14.9. The molecule has 0 heterocycles. The van der Waals surface area contributed by atoms with Crippen LogP contribution in [0.3, 0.4) is 0 Å². The van der Waals surface area contributed by atoms with E-state index in [-0.39, 0.29) is 5.57 Å². The highest BCUT2D eigenvalue weighted by molar-refractivity contribution is 6.09. The number of amides is 1. The Kier molecular flexibility index (Phi) is 8.19. The molecule has 0 bridgehead atoms. The summed E-state index contributed by atoms with van der Waals surface area (Å²) in [6, 6.07) is 38.8. The van der Waals surface area contributed by atoms with Gasteiger partial charge in [-0.15, -0.1) is 0 Å². The Hall–Kier alpha value is -5.34. The van der Waals surface area contributed by atoms with E-state index in [9.17, 15) is 10.1 Å². The first kappa shape index (κ1) is 26.3. The predicted molar refractivity (Wildman–Crippen MR) is 159 cm³/mol. The van der Waals surface area contributed by atoms with Crippen LogP contribution < -0.4 is 14.8 Å². The van der Waals surface area contributed by atoms with Gasteiger partial charge in [-0.25, -0.2) is 0 Å². The number of fused-ring (bicyclic) bond motifs is 1. The Morgan fingerprint density at radius 3 is 2.33 bits per heavy atom.